The summed E-state index contributed by atoms with van der Waals surface area (Å²) in [7, 11) is 0. The number of Topliss-reactive ketones (excluding diaryl/α,β-unsaturated/α-hetero) is 1. The summed E-state index contributed by atoms with van der Waals surface area (Å²) >= 11 is 1.62. The molecule has 24 heavy (non-hydrogen) atoms. The molecule has 0 bridgehead atoms. The van der Waals surface area contributed by atoms with Gasteiger partial charge in [0.05, 0.1) is 10.6 Å². The third-order valence-electron chi connectivity index (χ3n) is 3.83. The zero-order chi connectivity index (χ0) is 17.1. The van der Waals surface area contributed by atoms with Crippen molar-refractivity contribution >= 4 is 23.1 Å². The lowest BCUT2D eigenvalue weighted by Crippen LogP contribution is -2.22. The number of carboxylic acids is 1. The molecule has 0 aliphatic heterocycles. The third kappa shape index (κ3) is 3.31. The number of aryl methyl sites for hydroxylation is 1. The molecule has 1 aromatic carbocycles. The molecule has 122 valence electrons. The molecular formula is C19H16NO3S-. The molecule has 0 saturated carbocycles. The van der Waals surface area contributed by atoms with E-state index in [0.29, 0.717) is 12.0 Å². The van der Waals surface area contributed by atoms with Crippen LogP contribution in [-0.2, 0) is 11.2 Å². The minimum atomic E-state index is -1.07. The summed E-state index contributed by atoms with van der Waals surface area (Å²) in [6.07, 6.45) is 0.332. The molecule has 0 atom stereocenters. The van der Waals surface area contributed by atoms with Gasteiger partial charge in [0.25, 0.3) is 0 Å². The van der Waals surface area contributed by atoms with Crippen LogP contribution >= 0.6 is 11.3 Å². The molecule has 0 unspecified atom stereocenters. The Morgan fingerprint density at radius 2 is 1.96 bits per heavy atom. The third-order valence-corrected chi connectivity index (χ3v) is 4.72. The summed E-state index contributed by atoms with van der Waals surface area (Å²) in [6, 6.07) is 15.3. The highest BCUT2D eigenvalue weighted by Gasteiger charge is 2.13. The van der Waals surface area contributed by atoms with Crippen LogP contribution in [0, 0.1) is 0 Å². The number of benzene rings is 1. The number of aliphatic carboxylic acids is 1. The zero-order valence-corrected chi connectivity index (χ0v) is 14.0. The highest BCUT2D eigenvalue weighted by atomic mass is 32.1. The van der Waals surface area contributed by atoms with Gasteiger partial charge in [0.1, 0.15) is 0 Å². The second-order valence-corrected chi connectivity index (χ2v) is 6.45. The first kappa shape index (κ1) is 16.2. The average Bonchev–Trinajstić information content (AvgIpc) is 3.22. The van der Waals surface area contributed by atoms with Crippen LogP contribution in [0.25, 0.3) is 16.3 Å². The molecule has 0 spiro atoms. The van der Waals surface area contributed by atoms with Crippen molar-refractivity contribution in [1.82, 2.24) is 4.57 Å². The predicted octanol–water partition coefficient (Wildman–Crippen LogP) is 3.09. The number of nitrogens with zero attached hydrogens (tertiary/aromatic N) is 1. The van der Waals surface area contributed by atoms with E-state index >= 15 is 0 Å². The molecule has 5 heteroatoms. The molecule has 0 saturated heterocycles. The Labute approximate surface area is 144 Å². The van der Waals surface area contributed by atoms with Crippen LogP contribution in [-0.4, -0.2) is 16.3 Å². The maximum Gasteiger partial charge on any atom is 0.159 e. The smallest absolute Gasteiger partial charge is 0.159 e. The fraction of sp³-hybridized carbons (Fsp3) is 0.158. The Hall–Kier alpha value is -2.66. The van der Waals surface area contributed by atoms with E-state index in [0.717, 1.165) is 22.0 Å². The van der Waals surface area contributed by atoms with Crippen molar-refractivity contribution in [2.45, 2.75) is 19.8 Å². The fourth-order valence-corrected chi connectivity index (χ4v) is 3.43. The van der Waals surface area contributed by atoms with E-state index in [1.165, 1.54) is 6.92 Å². The van der Waals surface area contributed by atoms with E-state index in [-0.39, 0.29) is 12.2 Å². The minimum absolute atomic E-state index is 0.00188. The van der Waals surface area contributed by atoms with Crippen LogP contribution in [0.2, 0.25) is 0 Å². The lowest BCUT2D eigenvalue weighted by atomic mass is 10.1. The van der Waals surface area contributed by atoms with Crippen molar-refractivity contribution in [2.75, 3.05) is 0 Å². The second-order valence-electron chi connectivity index (χ2n) is 5.50. The van der Waals surface area contributed by atoms with Crippen molar-refractivity contribution in [3.8, 4) is 16.3 Å². The van der Waals surface area contributed by atoms with Crippen LogP contribution in [0.4, 0.5) is 0 Å². The maximum absolute atomic E-state index is 11.7. The normalized spacial score (nSPS) is 10.7. The van der Waals surface area contributed by atoms with Crippen molar-refractivity contribution in [3.05, 3.63) is 65.2 Å². The Kier molecular flexibility index (Phi) is 4.62. The number of hydrogen-bond acceptors (Lipinski definition) is 4. The van der Waals surface area contributed by atoms with E-state index in [4.69, 9.17) is 0 Å². The first-order chi connectivity index (χ1) is 11.6. The van der Waals surface area contributed by atoms with Gasteiger partial charge in [-0.3, -0.25) is 4.79 Å². The van der Waals surface area contributed by atoms with Gasteiger partial charge < -0.3 is 14.5 Å². The van der Waals surface area contributed by atoms with Gasteiger partial charge in [-0.2, -0.15) is 0 Å². The van der Waals surface area contributed by atoms with Crippen molar-refractivity contribution in [3.63, 3.8) is 0 Å². The van der Waals surface area contributed by atoms with E-state index in [9.17, 15) is 14.7 Å². The van der Waals surface area contributed by atoms with Gasteiger partial charge in [-0.25, -0.2) is 0 Å². The fourth-order valence-electron chi connectivity index (χ4n) is 2.69. The second kappa shape index (κ2) is 6.84. The summed E-state index contributed by atoms with van der Waals surface area (Å²) in [6.45, 7) is 1.53. The molecule has 4 nitrogen and oxygen atoms in total. The molecule has 0 N–H and O–H groups in total. The summed E-state index contributed by atoms with van der Waals surface area (Å²) < 4.78 is 2.02. The molecule has 0 radical (unpaired) electrons. The summed E-state index contributed by atoms with van der Waals surface area (Å²) in [5.74, 6) is -1.07. The highest BCUT2D eigenvalue weighted by molar-refractivity contribution is 7.13. The minimum Gasteiger partial charge on any atom is -0.550 e. The molecule has 0 amide bonds. The van der Waals surface area contributed by atoms with Crippen LogP contribution in [0.1, 0.15) is 29.4 Å². The number of thiophene rings is 1. The van der Waals surface area contributed by atoms with Crippen molar-refractivity contribution in [2.24, 2.45) is 0 Å². The standard InChI is InChI=1S/C19H17NO3S/c1-13(21)14-4-2-5-16(12-14)20-15(8-10-19(22)23)7-9-17(20)18-6-3-11-24-18/h2-7,9,11-12H,8,10H2,1H3,(H,22,23)/p-1. The number of aromatic nitrogens is 1. The van der Waals surface area contributed by atoms with Crippen LogP contribution in [0.5, 0.6) is 0 Å². The molecule has 3 aromatic rings. The Morgan fingerprint density at radius 3 is 2.62 bits per heavy atom. The van der Waals surface area contributed by atoms with Gasteiger partial charge in [-0.05, 0) is 55.5 Å². The lowest BCUT2D eigenvalue weighted by molar-refractivity contribution is -0.305. The first-order valence-electron chi connectivity index (χ1n) is 7.62. The van der Waals surface area contributed by atoms with Crippen molar-refractivity contribution < 1.29 is 14.7 Å². The zero-order valence-electron chi connectivity index (χ0n) is 13.2. The van der Waals surface area contributed by atoms with E-state index in [2.05, 4.69) is 0 Å². The van der Waals surface area contributed by atoms with E-state index < -0.39 is 5.97 Å². The number of hydrogen-bond donors (Lipinski definition) is 0. The summed E-state index contributed by atoms with van der Waals surface area (Å²) in [5.41, 5.74) is 3.34. The van der Waals surface area contributed by atoms with Gasteiger partial charge in [0.15, 0.2) is 5.78 Å². The van der Waals surface area contributed by atoms with Gasteiger partial charge >= 0.3 is 0 Å². The predicted molar refractivity (Wildman–Crippen MR) is 92.4 cm³/mol. The first-order valence-corrected chi connectivity index (χ1v) is 8.50. The highest BCUT2D eigenvalue weighted by Crippen LogP contribution is 2.30. The number of carbonyl (C=O) groups is 2. The van der Waals surface area contributed by atoms with E-state index in [1.807, 2.05) is 52.4 Å². The Balaban J connectivity index is 2.12. The summed E-state index contributed by atoms with van der Waals surface area (Å²) in [4.78, 5) is 23.6. The van der Waals surface area contributed by atoms with Gasteiger partial charge in [-0.15, -0.1) is 11.3 Å². The molecule has 3 rings (SSSR count). The van der Waals surface area contributed by atoms with Crippen molar-refractivity contribution in [1.29, 1.82) is 0 Å². The van der Waals surface area contributed by atoms with Gasteiger partial charge in [-0.1, -0.05) is 18.2 Å². The summed E-state index contributed by atoms with van der Waals surface area (Å²) in [5, 5.41) is 12.8. The molecule has 0 aliphatic carbocycles. The Morgan fingerprint density at radius 1 is 1.12 bits per heavy atom. The molecule has 0 fully saturated rings. The topological polar surface area (TPSA) is 62.1 Å². The quantitative estimate of drug-likeness (QED) is 0.649. The number of carboxylic acid groups (broad SMARTS) is 1. The molecule has 0 aliphatic rings. The number of ketones is 1. The van der Waals surface area contributed by atoms with Crippen LogP contribution in [0.3, 0.4) is 0 Å². The molecule has 2 aromatic heterocycles. The largest absolute Gasteiger partial charge is 0.550 e. The van der Waals surface area contributed by atoms with Gasteiger partial charge in [0.2, 0.25) is 0 Å². The SMILES string of the molecule is CC(=O)c1cccc(-n2c(CCC(=O)[O-])ccc2-c2cccs2)c1. The maximum atomic E-state index is 11.7. The molecule has 2 heterocycles. The monoisotopic (exact) mass is 338 g/mol. The number of rotatable bonds is 6. The van der Waals surface area contributed by atoms with Crippen LogP contribution in [0.15, 0.2) is 53.9 Å². The average molecular weight is 338 g/mol. The van der Waals surface area contributed by atoms with Crippen LogP contribution < -0.4 is 5.11 Å². The molecular weight excluding hydrogens is 322 g/mol. The Bertz CT molecular complexity index is 878. The van der Waals surface area contributed by atoms with Gasteiger partial charge in [0, 0.05) is 22.9 Å². The van der Waals surface area contributed by atoms with E-state index in [1.54, 1.807) is 17.4 Å². The number of carbonyl (C=O) groups excluding carboxylic acids is 2. The lowest BCUT2D eigenvalue weighted by Gasteiger charge is -2.14.